The average Bonchev–Trinajstić information content (AvgIpc) is 2.33. The second-order valence-corrected chi connectivity index (χ2v) is 4.45. The van der Waals surface area contributed by atoms with Crippen LogP contribution in [0, 0.1) is 5.82 Å². The zero-order valence-corrected chi connectivity index (χ0v) is 11.0. The number of carbonyl (C=O) groups is 1. The van der Waals surface area contributed by atoms with Gasteiger partial charge in [-0.25, -0.2) is 4.39 Å². The van der Waals surface area contributed by atoms with Gasteiger partial charge < -0.3 is 10.3 Å². The number of nitrogens with zero attached hydrogens (tertiary/aromatic N) is 1. The summed E-state index contributed by atoms with van der Waals surface area (Å²) in [6.07, 6.45) is -4.54. The molecule has 0 radical (unpaired) electrons. The summed E-state index contributed by atoms with van der Waals surface area (Å²) in [4.78, 5) is 12.8. The molecule has 0 heterocycles. The second kappa shape index (κ2) is 6.08. The van der Waals surface area contributed by atoms with Crippen LogP contribution in [0.1, 0.15) is 24.2 Å². The Balaban J connectivity index is 3.17. The normalized spacial score (nSPS) is 11.6. The Morgan fingerprint density at radius 1 is 1.40 bits per heavy atom. The van der Waals surface area contributed by atoms with E-state index < -0.39 is 30.5 Å². The maximum Gasteiger partial charge on any atom is 0.406 e. The molecular weight excluding hydrogens is 278 g/mol. The monoisotopic (exact) mass is 293 g/mol. The van der Waals surface area contributed by atoms with Crippen LogP contribution in [0.5, 0.6) is 0 Å². The summed E-state index contributed by atoms with van der Waals surface area (Å²) < 4.78 is 51.0. The van der Waals surface area contributed by atoms with Gasteiger partial charge in [0.15, 0.2) is 0 Å². The van der Waals surface area contributed by atoms with Gasteiger partial charge in [0.1, 0.15) is 12.4 Å². The van der Waals surface area contributed by atoms with Crippen molar-refractivity contribution in [1.82, 2.24) is 4.90 Å². The molecule has 0 aliphatic carbocycles. The summed E-state index contributed by atoms with van der Waals surface area (Å²) >= 11 is 0. The predicted octanol–water partition coefficient (Wildman–Crippen LogP) is 2.52. The predicted molar refractivity (Wildman–Crippen MR) is 66.4 cm³/mol. The number of nitrogens with one attached hydrogen (secondary N) is 1. The first-order chi connectivity index (χ1) is 9.17. The Morgan fingerprint density at radius 3 is 2.45 bits per heavy atom. The molecule has 20 heavy (non-hydrogen) atoms. The van der Waals surface area contributed by atoms with Crippen molar-refractivity contribution in [3.05, 3.63) is 29.6 Å². The zero-order chi connectivity index (χ0) is 15.5. The summed E-state index contributed by atoms with van der Waals surface area (Å²) in [5.41, 5.74) is 1.42. The number of nitrogens with two attached hydrogens (primary N) is 1. The molecule has 0 aromatic heterocycles. The van der Waals surface area contributed by atoms with Crippen LogP contribution in [-0.4, -0.2) is 29.6 Å². The van der Waals surface area contributed by atoms with Crippen molar-refractivity contribution in [1.29, 1.82) is 0 Å². The van der Waals surface area contributed by atoms with Crippen LogP contribution in [0.2, 0.25) is 0 Å². The van der Waals surface area contributed by atoms with Gasteiger partial charge in [0, 0.05) is 6.04 Å². The molecule has 1 amide bonds. The van der Waals surface area contributed by atoms with Gasteiger partial charge in [-0.15, -0.1) is 0 Å². The molecule has 1 aromatic carbocycles. The van der Waals surface area contributed by atoms with Gasteiger partial charge in [0.05, 0.1) is 11.3 Å². The number of carbonyl (C=O) groups excluding carboxylic acids is 1. The lowest BCUT2D eigenvalue weighted by atomic mass is 10.1. The van der Waals surface area contributed by atoms with E-state index in [0.717, 1.165) is 6.07 Å². The molecule has 0 bridgehead atoms. The summed E-state index contributed by atoms with van der Waals surface area (Å²) in [6.45, 7) is 1.47. The topological polar surface area (TPSA) is 58.4 Å². The third-order valence-electron chi connectivity index (χ3n) is 2.62. The van der Waals surface area contributed by atoms with E-state index in [-0.39, 0.29) is 11.3 Å². The lowest BCUT2D eigenvalue weighted by molar-refractivity contribution is -0.143. The van der Waals surface area contributed by atoms with Crippen molar-refractivity contribution >= 4 is 11.6 Å². The van der Waals surface area contributed by atoms with E-state index >= 15 is 0 Å². The lowest BCUT2D eigenvalue weighted by Gasteiger charge is -2.28. The summed E-state index contributed by atoms with van der Waals surface area (Å²) in [6, 6.07) is 2.80. The van der Waals surface area contributed by atoms with Crippen LogP contribution in [0.4, 0.5) is 23.2 Å². The first-order valence-corrected chi connectivity index (χ1v) is 5.80. The van der Waals surface area contributed by atoms with Crippen molar-refractivity contribution < 1.29 is 22.4 Å². The van der Waals surface area contributed by atoms with E-state index in [9.17, 15) is 22.4 Å². The van der Waals surface area contributed by atoms with Crippen LogP contribution < -0.4 is 11.3 Å². The molecule has 8 heteroatoms. The Labute approximate surface area is 113 Å². The molecule has 0 fully saturated rings. The van der Waals surface area contributed by atoms with Crippen LogP contribution in [0.15, 0.2) is 18.2 Å². The minimum absolute atomic E-state index is 0.245. The fourth-order valence-corrected chi connectivity index (χ4v) is 1.69. The highest BCUT2D eigenvalue weighted by atomic mass is 19.4. The third-order valence-corrected chi connectivity index (χ3v) is 2.62. The minimum Gasteiger partial charge on any atom is -0.327 e. The number of anilines is 1. The number of hydrazine groups is 1. The maximum atomic E-state index is 13.5. The summed E-state index contributed by atoms with van der Waals surface area (Å²) in [7, 11) is 0. The van der Waals surface area contributed by atoms with Crippen molar-refractivity contribution in [2.75, 3.05) is 12.0 Å². The molecule has 3 N–H and O–H groups in total. The number of halogens is 4. The van der Waals surface area contributed by atoms with Gasteiger partial charge >= 0.3 is 6.18 Å². The Kier molecular flexibility index (Phi) is 4.93. The van der Waals surface area contributed by atoms with Crippen LogP contribution in [0.25, 0.3) is 0 Å². The molecule has 0 aliphatic rings. The number of amides is 1. The number of hydrogen-bond donors (Lipinski definition) is 2. The SMILES string of the molecule is CC(C)N(CC(F)(F)F)C(=O)c1cccc(F)c1NN. The zero-order valence-electron chi connectivity index (χ0n) is 11.0. The molecule has 0 saturated heterocycles. The highest BCUT2D eigenvalue weighted by Crippen LogP contribution is 2.24. The Hall–Kier alpha value is -1.83. The number of hydrogen-bond acceptors (Lipinski definition) is 3. The highest BCUT2D eigenvalue weighted by Gasteiger charge is 2.35. The lowest BCUT2D eigenvalue weighted by Crippen LogP contribution is -2.43. The van der Waals surface area contributed by atoms with E-state index in [4.69, 9.17) is 5.84 Å². The molecule has 0 aliphatic heterocycles. The molecule has 112 valence electrons. The van der Waals surface area contributed by atoms with Crippen molar-refractivity contribution in [2.24, 2.45) is 5.84 Å². The molecule has 1 aromatic rings. The van der Waals surface area contributed by atoms with Crippen LogP contribution in [0.3, 0.4) is 0 Å². The number of benzene rings is 1. The molecule has 0 unspecified atom stereocenters. The first-order valence-electron chi connectivity index (χ1n) is 5.80. The van der Waals surface area contributed by atoms with Crippen LogP contribution >= 0.6 is 0 Å². The standard InChI is InChI=1S/C12H15F4N3O/c1-7(2)19(6-12(14,15)16)11(20)8-4-3-5-9(13)10(8)18-17/h3-5,7,18H,6,17H2,1-2H3. The molecule has 0 atom stereocenters. The highest BCUT2D eigenvalue weighted by molar-refractivity contribution is 5.99. The average molecular weight is 293 g/mol. The molecule has 1 rings (SSSR count). The summed E-state index contributed by atoms with van der Waals surface area (Å²) in [5, 5.41) is 0. The molecule has 0 spiro atoms. The van der Waals surface area contributed by atoms with Crippen LogP contribution in [-0.2, 0) is 0 Å². The number of alkyl halides is 3. The fraction of sp³-hybridized carbons (Fsp3) is 0.417. The second-order valence-electron chi connectivity index (χ2n) is 4.45. The van der Waals surface area contributed by atoms with Gasteiger partial charge in [-0.3, -0.25) is 10.6 Å². The van der Waals surface area contributed by atoms with Gasteiger partial charge in [-0.1, -0.05) is 6.07 Å². The number of rotatable bonds is 4. The van der Waals surface area contributed by atoms with Gasteiger partial charge in [0.25, 0.3) is 5.91 Å². The number of nitrogen functional groups attached to an aromatic ring is 1. The first kappa shape index (κ1) is 16.2. The smallest absolute Gasteiger partial charge is 0.327 e. The van der Waals surface area contributed by atoms with E-state index in [2.05, 4.69) is 0 Å². The van der Waals surface area contributed by atoms with E-state index in [1.165, 1.54) is 26.0 Å². The number of para-hydroxylation sites is 1. The van der Waals surface area contributed by atoms with Crippen molar-refractivity contribution in [2.45, 2.75) is 26.1 Å². The largest absolute Gasteiger partial charge is 0.406 e. The Morgan fingerprint density at radius 2 is 2.00 bits per heavy atom. The van der Waals surface area contributed by atoms with Crippen molar-refractivity contribution in [3.63, 3.8) is 0 Å². The van der Waals surface area contributed by atoms with Gasteiger partial charge in [-0.2, -0.15) is 13.2 Å². The van der Waals surface area contributed by atoms with Gasteiger partial charge in [-0.05, 0) is 26.0 Å². The fourth-order valence-electron chi connectivity index (χ4n) is 1.69. The molecular formula is C12H15F4N3O. The van der Waals surface area contributed by atoms with Crippen molar-refractivity contribution in [3.8, 4) is 0 Å². The van der Waals surface area contributed by atoms with Gasteiger partial charge in [0.2, 0.25) is 0 Å². The van der Waals surface area contributed by atoms with E-state index in [1.807, 2.05) is 5.43 Å². The Bertz CT molecular complexity index is 488. The maximum absolute atomic E-state index is 13.5. The van der Waals surface area contributed by atoms with E-state index in [1.54, 1.807) is 0 Å². The molecule has 4 nitrogen and oxygen atoms in total. The third kappa shape index (κ3) is 3.83. The quantitative estimate of drug-likeness (QED) is 0.509. The summed E-state index contributed by atoms with van der Waals surface area (Å²) in [5.74, 6) is 3.36. The minimum atomic E-state index is -4.54. The van der Waals surface area contributed by atoms with E-state index in [0.29, 0.717) is 4.90 Å². The molecule has 0 saturated carbocycles.